The minimum absolute atomic E-state index is 0.209. The van der Waals surface area contributed by atoms with Crippen molar-refractivity contribution in [3.05, 3.63) is 53.1 Å². The molecule has 0 aliphatic carbocycles. The first kappa shape index (κ1) is 16.6. The number of methoxy groups -OCH3 is 1. The van der Waals surface area contributed by atoms with E-state index >= 15 is 0 Å². The molecule has 0 saturated carbocycles. The van der Waals surface area contributed by atoms with Crippen molar-refractivity contribution >= 4 is 29.1 Å². The number of carbonyl (C=O) groups excluding carboxylic acids is 2. The molecule has 0 aliphatic rings. The zero-order valence-corrected chi connectivity index (χ0v) is 13.1. The summed E-state index contributed by atoms with van der Waals surface area (Å²) in [6.07, 6.45) is 0. The Bertz CT molecular complexity index is 734. The molecule has 7 heteroatoms. The van der Waals surface area contributed by atoms with Gasteiger partial charge in [0.15, 0.2) is 6.61 Å². The Kier molecular flexibility index (Phi) is 5.43. The number of ether oxygens (including phenoxy) is 2. The van der Waals surface area contributed by atoms with E-state index in [4.69, 9.17) is 26.8 Å². The number of nitrogens with one attached hydrogen (secondary N) is 1. The van der Waals surface area contributed by atoms with Crippen molar-refractivity contribution in [2.45, 2.75) is 0 Å². The topological polar surface area (TPSA) is 90.7 Å². The third-order valence-electron chi connectivity index (χ3n) is 2.95. The van der Waals surface area contributed by atoms with E-state index in [0.29, 0.717) is 16.5 Å². The van der Waals surface area contributed by atoms with Crippen LogP contribution in [0.4, 0.5) is 5.69 Å². The third kappa shape index (κ3) is 4.37. The molecule has 3 N–H and O–H groups in total. The Hall–Kier alpha value is -2.73. The smallest absolute Gasteiger partial charge is 0.262 e. The molecule has 0 bridgehead atoms. The highest BCUT2D eigenvalue weighted by molar-refractivity contribution is 6.31. The second-order valence-electron chi connectivity index (χ2n) is 4.54. The number of hydrogen-bond acceptors (Lipinski definition) is 4. The number of halogens is 1. The van der Waals surface area contributed by atoms with Crippen LogP contribution in [0, 0.1) is 0 Å². The van der Waals surface area contributed by atoms with Gasteiger partial charge in [0.05, 0.1) is 18.4 Å². The minimum Gasteiger partial charge on any atom is -0.495 e. The molecule has 0 unspecified atom stereocenters. The van der Waals surface area contributed by atoms with Crippen molar-refractivity contribution in [2.75, 3.05) is 19.0 Å². The zero-order valence-electron chi connectivity index (χ0n) is 12.3. The summed E-state index contributed by atoms with van der Waals surface area (Å²) in [6, 6.07) is 11.3. The van der Waals surface area contributed by atoms with Crippen LogP contribution in [0.5, 0.6) is 11.5 Å². The van der Waals surface area contributed by atoms with Gasteiger partial charge in [-0.1, -0.05) is 23.7 Å². The largest absolute Gasteiger partial charge is 0.495 e. The van der Waals surface area contributed by atoms with Crippen LogP contribution in [-0.4, -0.2) is 25.5 Å². The van der Waals surface area contributed by atoms with Crippen LogP contribution in [0.2, 0.25) is 5.02 Å². The summed E-state index contributed by atoms with van der Waals surface area (Å²) < 4.78 is 10.5. The monoisotopic (exact) mass is 334 g/mol. The van der Waals surface area contributed by atoms with Crippen LogP contribution in [-0.2, 0) is 4.79 Å². The summed E-state index contributed by atoms with van der Waals surface area (Å²) >= 11 is 5.90. The Labute approximate surface area is 138 Å². The highest BCUT2D eigenvalue weighted by Gasteiger charge is 2.12. The minimum atomic E-state index is -0.627. The Morgan fingerprint density at radius 2 is 1.91 bits per heavy atom. The maximum atomic E-state index is 12.0. The van der Waals surface area contributed by atoms with Gasteiger partial charge in [-0.15, -0.1) is 0 Å². The quantitative estimate of drug-likeness (QED) is 0.849. The molecule has 0 saturated heterocycles. The SMILES string of the molecule is COc1ccc(Cl)cc1NC(=O)COc1ccccc1C(N)=O. The van der Waals surface area contributed by atoms with E-state index < -0.39 is 11.8 Å². The van der Waals surface area contributed by atoms with Gasteiger partial charge in [0.25, 0.3) is 11.8 Å². The average molecular weight is 335 g/mol. The number of amides is 2. The number of rotatable bonds is 6. The molecule has 120 valence electrons. The van der Waals surface area contributed by atoms with Gasteiger partial charge in [0.2, 0.25) is 0 Å². The molecule has 0 atom stereocenters. The van der Waals surface area contributed by atoms with Crippen LogP contribution in [0.3, 0.4) is 0 Å². The molecule has 2 amide bonds. The first-order valence-corrected chi connectivity index (χ1v) is 7.04. The maximum absolute atomic E-state index is 12.0. The van der Waals surface area contributed by atoms with Gasteiger partial charge in [-0.2, -0.15) is 0 Å². The summed E-state index contributed by atoms with van der Waals surface area (Å²) in [5, 5.41) is 3.09. The third-order valence-corrected chi connectivity index (χ3v) is 3.18. The molecule has 0 aromatic heterocycles. The fraction of sp³-hybridized carbons (Fsp3) is 0.125. The molecule has 6 nitrogen and oxygen atoms in total. The standard InChI is InChI=1S/C16H15ClN2O4/c1-22-14-7-6-10(17)8-12(14)19-15(20)9-23-13-5-3-2-4-11(13)16(18)21/h2-8H,9H2,1H3,(H2,18,21)(H,19,20). The Morgan fingerprint density at radius 1 is 1.17 bits per heavy atom. The molecule has 0 spiro atoms. The lowest BCUT2D eigenvalue weighted by atomic mass is 10.2. The lowest BCUT2D eigenvalue weighted by Gasteiger charge is -2.12. The average Bonchev–Trinajstić information content (AvgIpc) is 2.53. The number of nitrogens with two attached hydrogens (primary N) is 1. The Morgan fingerprint density at radius 3 is 2.61 bits per heavy atom. The second-order valence-corrected chi connectivity index (χ2v) is 4.98. The predicted octanol–water partition coefficient (Wildman–Crippen LogP) is 2.46. The highest BCUT2D eigenvalue weighted by atomic mass is 35.5. The number of primary amides is 1. The normalized spacial score (nSPS) is 10.0. The van der Waals surface area contributed by atoms with Gasteiger partial charge in [-0.05, 0) is 30.3 Å². The van der Waals surface area contributed by atoms with Crippen LogP contribution in [0.15, 0.2) is 42.5 Å². The van der Waals surface area contributed by atoms with Crippen LogP contribution < -0.4 is 20.5 Å². The van der Waals surface area contributed by atoms with Gasteiger partial charge in [0, 0.05) is 5.02 Å². The van der Waals surface area contributed by atoms with Crippen LogP contribution in [0.25, 0.3) is 0 Å². The van der Waals surface area contributed by atoms with Crippen molar-refractivity contribution in [3.8, 4) is 11.5 Å². The predicted molar refractivity (Wildman–Crippen MR) is 87.1 cm³/mol. The van der Waals surface area contributed by atoms with E-state index in [0.717, 1.165) is 0 Å². The summed E-state index contributed by atoms with van der Waals surface area (Å²) in [5.41, 5.74) is 5.88. The van der Waals surface area contributed by atoms with E-state index in [1.165, 1.54) is 13.2 Å². The summed E-state index contributed by atoms with van der Waals surface area (Å²) in [4.78, 5) is 23.3. The van der Waals surface area contributed by atoms with E-state index in [1.54, 1.807) is 36.4 Å². The molecule has 0 aliphatic heterocycles. The zero-order chi connectivity index (χ0) is 16.8. The molecule has 2 rings (SSSR count). The number of para-hydroxylation sites is 1. The molecule has 2 aromatic carbocycles. The summed E-state index contributed by atoms with van der Waals surface area (Å²) in [7, 11) is 1.48. The van der Waals surface area contributed by atoms with Gasteiger partial charge in [0.1, 0.15) is 11.5 Å². The number of benzene rings is 2. The van der Waals surface area contributed by atoms with Crippen LogP contribution in [0.1, 0.15) is 10.4 Å². The molecular formula is C16H15ClN2O4. The van der Waals surface area contributed by atoms with Crippen molar-refractivity contribution in [2.24, 2.45) is 5.73 Å². The van der Waals surface area contributed by atoms with E-state index in [-0.39, 0.29) is 17.9 Å². The first-order chi connectivity index (χ1) is 11.0. The van der Waals surface area contributed by atoms with Crippen LogP contribution >= 0.6 is 11.6 Å². The van der Waals surface area contributed by atoms with Crippen molar-refractivity contribution in [1.29, 1.82) is 0 Å². The molecule has 0 fully saturated rings. The number of hydrogen-bond donors (Lipinski definition) is 2. The second kappa shape index (κ2) is 7.51. The van der Waals surface area contributed by atoms with Gasteiger partial charge >= 0.3 is 0 Å². The molecule has 0 radical (unpaired) electrons. The number of carbonyl (C=O) groups is 2. The first-order valence-electron chi connectivity index (χ1n) is 6.66. The van der Waals surface area contributed by atoms with E-state index in [9.17, 15) is 9.59 Å². The lowest BCUT2D eigenvalue weighted by Crippen LogP contribution is -2.22. The van der Waals surface area contributed by atoms with Crippen molar-refractivity contribution in [1.82, 2.24) is 0 Å². The van der Waals surface area contributed by atoms with Crippen molar-refractivity contribution in [3.63, 3.8) is 0 Å². The van der Waals surface area contributed by atoms with Gasteiger partial charge in [-0.3, -0.25) is 9.59 Å². The van der Waals surface area contributed by atoms with E-state index in [2.05, 4.69) is 5.32 Å². The number of anilines is 1. The highest BCUT2D eigenvalue weighted by Crippen LogP contribution is 2.27. The van der Waals surface area contributed by atoms with Crippen molar-refractivity contribution < 1.29 is 19.1 Å². The van der Waals surface area contributed by atoms with Gasteiger partial charge < -0.3 is 20.5 Å². The maximum Gasteiger partial charge on any atom is 0.262 e. The molecule has 0 heterocycles. The fourth-order valence-electron chi connectivity index (χ4n) is 1.90. The summed E-state index contributed by atoms with van der Waals surface area (Å²) in [6.45, 7) is -0.292. The Balaban J connectivity index is 2.04. The lowest BCUT2D eigenvalue weighted by molar-refractivity contribution is -0.118. The molecule has 2 aromatic rings. The molecule has 23 heavy (non-hydrogen) atoms. The molecular weight excluding hydrogens is 320 g/mol. The fourth-order valence-corrected chi connectivity index (χ4v) is 2.08. The van der Waals surface area contributed by atoms with E-state index in [1.807, 2.05) is 0 Å². The summed E-state index contributed by atoms with van der Waals surface area (Å²) in [5.74, 6) is -0.337. The van der Waals surface area contributed by atoms with Gasteiger partial charge in [-0.25, -0.2) is 0 Å².